The van der Waals surface area contributed by atoms with Crippen LogP contribution < -0.4 is 37.2 Å². The van der Waals surface area contributed by atoms with E-state index in [0.29, 0.717) is 0 Å². The monoisotopic (exact) mass is 440 g/mol. The summed E-state index contributed by atoms with van der Waals surface area (Å²) < 4.78 is 0. The molecule has 2 aromatic rings. The number of rotatable bonds is 6. The van der Waals surface area contributed by atoms with E-state index in [-0.39, 0.29) is 64.4 Å². The summed E-state index contributed by atoms with van der Waals surface area (Å²) in [5, 5.41) is 0. The molecule has 0 nitrogen and oxygen atoms in total. The largest absolute Gasteiger partial charge is 4.00 e. The van der Waals surface area contributed by atoms with Crippen molar-refractivity contribution >= 4 is 0 Å². The molecule has 2 aromatic carbocycles. The van der Waals surface area contributed by atoms with Crippen molar-refractivity contribution in [2.24, 2.45) is 0 Å². The maximum atomic E-state index is 3.54. The fourth-order valence-corrected chi connectivity index (χ4v) is 3.53. The summed E-state index contributed by atoms with van der Waals surface area (Å²) in [5.74, 6) is 0. The topological polar surface area (TPSA) is 0 Å². The Morgan fingerprint density at radius 1 is 0.846 bits per heavy atom. The first-order chi connectivity index (χ1) is 10.9. The second-order valence-electron chi connectivity index (χ2n) is 5.97. The molecular formula is C22H23Cl3Ti. The van der Waals surface area contributed by atoms with Crippen molar-refractivity contribution in [1.82, 2.24) is 0 Å². The molecule has 0 aliphatic heterocycles. The normalized spacial score (nSPS) is 12.0. The molecule has 0 amide bonds. The van der Waals surface area contributed by atoms with Crippen LogP contribution in [-0.2, 0) is 27.1 Å². The van der Waals surface area contributed by atoms with Crippen LogP contribution in [0.15, 0.2) is 78.4 Å². The van der Waals surface area contributed by atoms with Gasteiger partial charge in [-0.15, -0.1) is 0 Å². The van der Waals surface area contributed by atoms with E-state index in [4.69, 9.17) is 0 Å². The number of hydrogen-bond acceptors (Lipinski definition) is 0. The van der Waals surface area contributed by atoms with Crippen LogP contribution >= 0.6 is 0 Å². The predicted molar refractivity (Wildman–Crippen MR) is 93.7 cm³/mol. The zero-order valence-corrected chi connectivity index (χ0v) is 18.7. The summed E-state index contributed by atoms with van der Waals surface area (Å²) in [6, 6.07) is 21.9. The number of allylic oxidation sites excluding steroid dienone is 4. The summed E-state index contributed by atoms with van der Waals surface area (Å²) in [4.78, 5) is 0. The van der Waals surface area contributed by atoms with Crippen molar-refractivity contribution < 1.29 is 58.9 Å². The maximum absolute atomic E-state index is 3.54. The van der Waals surface area contributed by atoms with Crippen molar-refractivity contribution in [2.45, 2.75) is 38.0 Å². The summed E-state index contributed by atoms with van der Waals surface area (Å²) in [7, 11) is 0. The summed E-state index contributed by atoms with van der Waals surface area (Å²) in [6.07, 6.45) is 12.4. The minimum absolute atomic E-state index is 0. The Kier molecular flexibility index (Phi) is 14.5. The van der Waals surface area contributed by atoms with Crippen LogP contribution in [-0.4, -0.2) is 0 Å². The van der Waals surface area contributed by atoms with Gasteiger partial charge in [-0.1, -0.05) is 86.8 Å². The summed E-state index contributed by atoms with van der Waals surface area (Å²) >= 11 is 0. The second kappa shape index (κ2) is 13.6. The van der Waals surface area contributed by atoms with Crippen LogP contribution in [0, 0.1) is 6.08 Å². The fraction of sp³-hybridized carbons (Fsp3) is 0.273. The molecule has 26 heavy (non-hydrogen) atoms. The van der Waals surface area contributed by atoms with Crippen LogP contribution in [0.2, 0.25) is 0 Å². The van der Waals surface area contributed by atoms with E-state index in [0.717, 1.165) is 12.8 Å². The van der Waals surface area contributed by atoms with E-state index >= 15 is 0 Å². The van der Waals surface area contributed by atoms with Gasteiger partial charge in [0.1, 0.15) is 0 Å². The molecule has 136 valence electrons. The van der Waals surface area contributed by atoms with E-state index < -0.39 is 0 Å². The minimum Gasteiger partial charge on any atom is -1.00 e. The summed E-state index contributed by atoms with van der Waals surface area (Å²) in [6.45, 7) is 2.27. The van der Waals surface area contributed by atoms with Gasteiger partial charge in [-0.3, -0.25) is 6.08 Å². The van der Waals surface area contributed by atoms with Crippen LogP contribution in [0.4, 0.5) is 0 Å². The second-order valence-corrected chi connectivity index (χ2v) is 5.97. The quantitative estimate of drug-likeness (QED) is 0.329. The van der Waals surface area contributed by atoms with Gasteiger partial charge in [0, 0.05) is 5.41 Å². The molecule has 0 N–H and O–H groups in total. The van der Waals surface area contributed by atoms with E-state index in [1.165, 1.54) is 29.5 Å². The Hall–Kier alpha value is -0.496. The zero-order valence-electron chi connectivity index (χ0n) is 14.9. The van der Waals surface area contributed by atoms with Crippen molar-refractivity contribution in [3.8, 4) is 0 Å². The third-order valence-corrected chi connectivity index (χ3v) is 4.65. The van der Waals surface area contributed by atoms with E-state index in [9.17, 15) is 0 Å². The van der Waals surface area contributed by atoms with Crippen molar-refractivity contribution in [3.63, 3.8) is 0 Å². The summed E-state index contributed by atoms with van der Waals surface area (Å²) in [5.41, 5.74) is 4.14. The third-order valence-electron chi connectivity index (χ3n) is 4.65. The molecular weight excluding hydrogens is 418 g/mol. The average Bonchev–Trinajstić information content (AvgIpc) is 3.13. The Balaban J connectivity index is 0. The van der Waals surface area contributed by atoms with Gasteiger partial charge in [0.05, 0.1) is 0 Å². The van der Waals surface area contributed by atoms with E-state index in [1.807, 2.05) is 0 Å². The van der Waals surface area contributed by atoms with E-state index in [2.05, 4.69) is 85.8 Å². The van der Waals surface area contributed by atoms with Gasteiger partial charge in [0.15, 0.2) is 0 Å². The molecule has 0 saturated carbocycles. The number of halogens is 3. The standard InChI is InChI=1S/C22H23.3ClH.Ti/c1-2-3-18-22(21-16-10-11-17-21,19-12-6-4-7-13-19)20-14-8-5-9-15-20;;;;/h4-15H,2-3,16,18H2,1H3;3*1H;/q-1;;;;+4/p-3. The molecule has 0 heterocycles. The molecule has 0 saturated heterocycles. The van der Waals surface area contributed by atoms with Gasteiger partial charge >= 0.3 is 21.7 Å². The zero-order chi connectivity index (χ0) is 15.3. The first-order valence-corrected chi connectivity index (χ1v) is 8.27. The maximum Gasteiger partial charge on any atom is 4.00 e. The Labute approximate surface area is 191 Å². The molecule has 0 bridgehead atoms. The molecule has 0 radical (unpaired) electrons. The Morgan fingerprint density at radius 2 is 1.35 bits per heavy atom. The molecule has 1 aliphatic rings. The van der Waals surface area contributed by atoms with Gasteiger partial charge in [-0.25, -0.2) is 12.2 Å². The minimum atomic E-state index is -0.0397. The van der Waals surface area contributed by atoms with Gasteiger partial charge in [0.25, 0.3) is 0 Å². The number of benzene rings is 2. The van der Waals surface area contributed by atoms with Gasteiger partial charge in [0.2, 0.25) is 0 Å². The molecule has 1 aliphatic carbocycles. The number of unbranched alkanes of at least 4 members (excludes halogenated alkanes) is 1. The number of hydrogen-bond donors (Lipinski definition) is 0. The fourth-order valence-electron chi connectivity index (χ4n) is 3.53. The average molecular weight is 442 g/mol. The molecule has 4 heteroatoms. The van der Waals surface area contributed by atoms with Crippen molar-refractivity contribution in [1.29, 1.82) is 0 Å². The SMILES string of the molecule is CCCCC(C1=[C-]C=CC1)(c1ccccc1)c1ccccc1.[Cl-].[Cl-].[Cl-].[Ti+4]. The third kappa shape index (κ3) is 5.75. The van der Waals surface area contributed by atoms with Crippen LogP contribution in [0.25, 0.3) is 0 Å². The molecule has 0 fully saturated rings. The van der Waals surface area contributed by atoms with Gasteiger partial charge in [-0.05, 0) is 17.5 Å². The van der Waals surface area contributed by atoms with Crippen molar-refractivity contribution in [3.05, 3.63) is 95.6 Å². The Morgan fingerprint density at radius 3 is 1.73 bits per heavy atom. The Bertz CT molecular complexity index is 627. The van der Waals surface area contributed by atoms with E-state index in [1.54, 1.807) is 0 Å². The molecule has 0 unspecified atom stereocenters. The van der Waals surface area contributed by atoms with Crippen molar-refractivity contribution in [2.75, 3.05) is 0 Å². The smallest absolute Gasteiger partial charge is 1.00 e. The van der Waals surface area contributed by atoms with Crippen LogP contribution in [0.1, 0.15) is 43.7 Å². The molecule has 3 rings (SSSR count). The molecule has 0 atom stereocenters. The molecule has 0 aromatic heterocycles. The van der Waals surface area contributed by atoms with Gasteiger partial charge < -0.3 is 37.2 Å². The first kappa shape index (κ1) is 27.7. The van der Waals surface area contributed by atoms with Gasteiger partial charge in [-0.2, -0.15) is 5.57 Å². The van der Waals surface area contributed by atoms with Crippen LogP contribution in [0.3, 0.4) is 0 Å². The predicted octanol–water partition coefficient (Wildman–Crippen LogP) is -3.14. The molecule has 0 spiro atoms. The van der Waals surface area contributed by atoms with Crippen LogP contribution in [0.5, 0.6) is 0 Å². The first-order valence-electron chi connectivity index (χ1n) is 8.27.